The molecule has 2 bridgehead atoms. The molecular weight excluding hydrogens is 393 g/mol. The van der Waals surface area contributed by atoms with Crippen molar-refractivity contribution in [3.8, 4) is 5.75 Å². The molecule has 0 N–H and O–H groups in total. The number of rotatable bonds is 5. The van der Waals surface area contributed by atoms with Crippen LogP contribution in [0.15, 0.2) is 24.3 Å². The quantitative estimate of drug-likeness (QED) is 0.631. The lowest BCUT2D eigenvalue weighted by Crippen LogP contribution is -2.65. The predicted octanol–water partition coefficient (Wildman–Crippen LogP) is 4.73. The maximum absolute atomic E-state index is 6.92. The van der Waals surface area contributed by atoms with Gasteiger partial charge in [0.1, 0.15) is 5.75 Å². The molecule has 6 rings (SSSR count). The van der Waals surface area contributed by atoms with Crippen molar-refractivity contribution in [1.29, 1.82) is 0 Å². The van der Waals surface area contributed by atoms with Gasteiger partial charge in [-0.15, -0.1) is 0 Å². The Bertz CT molecular complexity index is 827. The third-order valence-corrected chi connectivity index (χ3v) is 10.9. The highest BCUT2D eigenvalue weighted by Gasteiger charge is 2.68. The predicted molar refractivity (Wildman–Crippen MR) is 126 cm³/mol. The van der Waals surface area contributed by atoms with Gasteiger partial charge in [-0.2, -0.15) is 10.2 Å². The molecule has 4 nitrogen and oxygen atoms in total. The van der Waals surface area contributed by atoms with Gasteiger partial charge in [-0.1, -0.05) is 32.0 Å². The van der Waals surface area contributed by atoms with E-state index >= 15 is 0 Å². The molecule has 166 valence electrons. The summed E-state index contributed by atoms with van der Waals surface area (Å²) >= 11 is 0. The first-order chi connectivity index (χ1) is 14.0. The highest BCUT2D eigenvalue weighted by Crippen LogP contribution is 2.66. The first kappa shape index (κ1) is 21.2. The Hall–Kier alpha value is -0.685. The molecule has 5 unspecified atom stereocenters. The molecule has 6 heteroatoms. The molecule has 4 fully saturated rings. The van der Waals surface area contributed by atoms with Crippen LogP contribution in [0, 0.1) is 17.3 Å². The Kier molecular flexibility index (Phi) is 4.87. The Morgan fingerprint density at radius 2 is 1.90 bits per heavy atom. The molecular formula is C24H38BNO3S. The van der Waals surface area contributed by atoms with Crippen molar-refractivity contribution < 1.29 is 14.0 Å². The molecule has 30 heavy (non-hydrogen) atoms. The van der Waals surface area contributed by atoms with Crippen molar-refractivity contribution in [3.05, 3.63) is 29.8 Å². The number of ether oxygens (including phenoxy) is 1. The Labute approximate surface area is 184 Å². The SMILES string of the molecule is CN(C(CC1COc2ccccc21)B1OC2CC3CC(C3(C)C)[C@]2(C)O1)S(C)(C)C. The maximum atomic E-state index is 6.92. The number of hydrogen-bond acceptors (Lipinski definition) is 4. The topological polar surface area (TPSA) is 30.9 Å². The van der Waals surface area contributed by atoms with Crippen molar-refractivity contribution in [3.63, 3.8) is 0 Å². The van der Waals surface area contributed by atoms with Crippen molar-refractivity contribution >= 4 is 17.3 Å². The second-order valence-corrected chi connectivity index (χ2v) is 15.6. The normalized spacial score (nSPS) is 37.9. The lowest BCUT2D eigenvalue weighted by molar-refractivity contribution is -0.199. The third-order valence-electron chi connectivity index (χ3n) is 8.94. The minimum atomic E-state index is -0.905. The Balaban J connectivity index is 1.41. The molecule has 3 aliphatic carbocycles. The van der Waals surface area contributed by atoms with Crippen LogP contribution < -0.4 is 4.74 Å². The van der Waals surface area contributed by atoms with Gasteiger partial charge in [0.05, 0.1) is 24.3 Å². The Morgan fingerprint density at radius 3 is 2.60 bits per heavy atom. The summed E-state index contributed by atoms with van der Waals surface area (Å²) in [6.45, 7) is 7.95. The van der Waals surface area contributed by atoms with Gasteiger partial charge in [-0.05, 0) is 75.3 Å². The summed E-state index contributed by atoms with van der Waals surface area (Å²) in [6, 6.07) is 8.51. The standard InChI is InChI=1S/C24H38BNO3S/c1-23(2)17-13-20(23)24(3)21(14-17)28-25(29-24)22(26(4)30(5,6)7)12-16-15-27-19-11-9-8-10-18(16)19/h8-11,16-17,20-22H,12-15H2,1-7H3/t16?,17?,20?,21?,22?,24-/m0/s1. The molecule has 0 aromatic heterocycles. The van der Waals surface area contributed by atoms with Crippen LogP contribution in [0.1, 0.15) is 51.5 Å². The highest BCUT2D eigenvalue weighted by atomic mass is 32.3. The summed E-state index contributed by atoms with van der Waals surface area (Å²) in [4.78, 5) is 0. The largest absolute Gasteiger partial charge is 0.493 e. The van der Waals surface area contributed by atoms with Crippen molar-refractivity contribution in [1.82, 2.24) is 4.31 Å². The van der Waals surface area contributed by atoms with E-state index in [-0.39, 0.29) is 24.8 Å². The molecule has 2 heterocycles. The van der Waals surface area contributed by atoms with E-state index in [0.717, 1.165) is 31.1 Å². The summed E-state index contributed by atoms with van der Waals surface area (Å²) in [7, 11) is 1.19. The van der Waals surface area contributed by atoms with Crippen LogP contribution in [0.5, 0.6) is 5.75 Å². The highest BCUT2D eigenvalue weighted by molar-refractivity contribution is 8.30. The zero-order valence-corrected chi connectivity index (χ0v) is 20.5. The van der Waals surface area contributed by atoms with Gasteiger partial charge < -0.3 is 14.0 Å². The molecule has 0 spiro atoms. The van der Waals surface area contributed by atoms with Gasteiger partial charge in [0.25, 0.3) is 0 Å². The zero-order valence-electron chi connectivity index (χ0n) is 19.7. The van der Waals surface area contributed by atoms with Gasteiger partial charge >= 0.3 is 7.12 Å². The number of hydrogen-bond donors (Lipinski definition) is 0. The van der Waals surface area contributed by atoms with Crippen LogP contribution >= 0.6 is 10.2 Å². The Morgan fingerprint density at radius 1 is 1.17 bits per heavy atom. The molecule has 1 aromatic rings. The molecule has 2 aliphatic heterocycles. The lowest BCUT2D eigenvalue weighted by atomic mass is 9.43. The number of nitrogens with zero attached hydrogens (tertiary/aromatic N) is 1. The fourth-order valence-corrected chi connectivity index (χ4v) is 7.61. The number of para-hydroxylation sites is 1. The zero-order chi connectivity index (χ0) is 21.5. The third kappa shape index (κ3) is 3.08. The van der Waals surface area contributed by atoms with Crippen LogP contribution in [0.4, 0.5) is 0 Å². The van der Waals surface area contributed by atoms with E-state index in [1.54, 1.807) is 0 Å². The van der Waals surface area contributed by atoms with Gasteiger partial charge in [-0.25, -0.2) is 0 Å². The van der Waals surface area contributed by atoms with Crippen LogP contribution in [0.25, 0.3) is 0 Å². The van der Waals surface area contributed by atoms with E-state index in [9.17, 15) is 0 Å². The monoisotopic (exact) mass is 431 g/mol. The average molecular weight is 431 g/mol. The average Bonchev–Trinajstić information content (AvgIpc) is 3.24. The smallest absolute Gasteiger partial charge is 0.477 e. The summed E-state index contributed by atoms with van der Waals surface area (Å²) in [5.74, 6) is 3.04. The van der Waals surface area contributed by atoms with E-state index in [2.05, 4.69) is 75.2 Å². The molecule has 6 atom stereocenters. The second-order valence-electron chi connectivity index (χ2n) is 11.5. The molecule has 3 saturated carbocycles. The van der Waals surface area contributed by atoms with Crippen LogP contribution in [0.3, 0.4) is 0 Å². The van der Waals surface area contributed by atoms with Gasteiger partial charge in [0, 0.05) is 11.5 Å². The van der Waals surface area contributed by atoms with Crippen LogP contribution in [-0.2, 0) is 9.31 Å². The first-order valence-corrected chi connectivity index (χ1v) is 14.3. The fraction of sp³-hybridized carbons (Fsp3) is 0.750. The van der Waals surface area contributed by atoms with E-state index in [4.69, 9.17) is 14.0 Å². The molecule has 1 saturated heterocycles. The minimum Gasteiger partial charge on any atom is -0.493 e. The molecule has 5 aliphatic rings. The second kappa shape index (κ2) is 6.90. The van der Waals surface area contributed by atoms with E-state index < -0.39 is 10.2 Å². The van der Waals surface area contributed by atoms with E-state index in [1.807, 2.05) is 0 Å². The summed E-state index contributed by atoms with van der Waals surface area (Å²) in [5.41, 5.74) is 1.56. The summed E-state index contributed by atoms with van der Waals surface area (Å²) < 4.78 is 22.2. The number of fused-ring (bicyclic) bond motifs is 1. The van der Waals surface area contributed by atoms with Crippen molar-refractivity contribution in [2.75, 3.05) is 32.4 Å². The first-order valence-electron chi connectivity index (χ1n) is 11.5. The lowest BCUT2D eigenvalue weighted by Gasteiger charge is -2.64. The van der Waals surface area contributed by atoms with Gasteiger partial charge in [-0.3, -0.25) is 4.31 Å². The maximum Gasteiger partial charge on any atom is 0.477 e. The number of benzene rings is 1. The van der Waals surface area contributed by atoms with E-state index in [0.29, 0.717) is 17.3 Å². The van der Waals surface area contributed by atoms with Gasteiger partial charge in [0.15, 0.2) is 0 Å². The summed E-state index contributed by atoms with van der Waals surface area (Å²) in [5, 5.41) is 0. The van der Waals surface area contributed by atoms with E-state index in [1.165, 1.54) is 12.0 Å². The van der Waals surface area contributed by atoms with Crippen LogP contribution in [-0.4, -0.2) is 61.5 Å². The van der Waals surface area contributed by atoms with Crippen LogP contribution in [0.2, 0.25) is 0 Å². The molecule has 1 aromatic carbocycles. The van der Waals surface area contributed by atoms with Gasteiger partial charge in [0.2, 0.25) is 0 Å². The molecule has 0 radical (unpaired) electrons. The van der Waals surface area contributed by atoms with Crippen molar-refractivity contribution in [2.45, 2.75) is 63.6 Å². The minimum absolute atomic E-state index is 0.153. The van der Waals surface area contributed by atoms with Crippen molar-refractivity contribution in [2.24, 2.45) is 17.3 Å². The fourth-order valence-electron chi connectivity index (χ4n) is 6.62. The molecule has 0 amide bonds. The summed E-state index contributed by atoms with van der Waals surface area (Å²) in [6.07, 6.45) is 10.8.